The van der Waals surface area contributed by atoms with Gasteiger partial charge in [0.2, 0.25) is 0 Å². The molecule has 0 N–H and O–H groups in total. The molecule has 1 aromatic rings. The summed E-state index contributed by atoms with van der Waals surface area (Å²) < 4.78 is 7.44. The van der Waals surface area contributed by atoms with E-state index in [9.17, 15) is 4.79 Å². The third kappa shape index (κ3) is 3.40. The van der Waals surface area contributed by atoms with E-state index in [4.69, 9.17) is 4.74 Å². The number of ether oxygens (including phenoxy) is 1. The Labute approximate surface area is 96.4 Å². The van der Waals surface area contributed by atoms with Crippen molar-refractivity contribution < 1.29 is 9.53 Å². The van der Waals surface area contributed by atoms with Crippen LogP contribution in [0.4, 0.5) is 0 Å². The van der Waals surface area contributed by atoms with Crippen LogP contribution >= 0.6 is 0 Å². The molecule has 0 amide bonds. The highest BCUT2D eigenvalue weighted by molar-refractivity contribution is 5.69. The van der Waals surface area contributed by atoms with Gasteiger partial charge in [-0.15, -0.1) is 0 Å². The fraction of sp³-hybridized carbons (Fsp3) is 0.615. The zero-order chi connectivity index (χ0) is 11.2. The normalized spacial score (nSPS) is 17.2. The van der Waals surface area contributed by atoms with Crippen LogP contribution in [0.5, 0.6) is 0 Å². The summed E-state index contributed by atoms with van der Waals surface area (Å²) in [7, 11) is 0. The molecule has 0 aliphatic heterocycles. The summed E-state index contributed by atoms with van der Waals surface area (Å²) in [5, 5.41) is 0. The van der Waals surface area contributed by atoms with Crippen molar-refractivity contribution in [2.75, 3.05) is 0 Å². The van der Waals surface area contributed by atoms with E-state index in [0.717, 1.165) is 19.4 Å². The van der Waals surface area contributed by atoms with Gasteiger partial charge in [0.25, 0.3) is 0 Å². The van der Waals surface area contributed by atoms with Gasteiger partial charge in [-0.1, -0.05) is 6.42 Å². The number of rotatable bonds is 4. The van der Waals surface area contributed by atoms with E-state index >= 15 is 0 Å². The van der Waals surface area contributed by atoms with Gasteiger partial charge in [-0.05, 0) is 37.8 Å². The predicted molar refractivity (Wildman–Crippen MR) is 62.0 cm³/mol. The largest absolute Gasteiger partial charge is 0.462 e. The van der Waals surface area contributed by atoms with Crippen molar-refractivity contribution in [3.05, 3.63) is 24.5 Å². The summed E-state index contributed by atoms with van der Waals surface area (Å²) >= 11 is 0. The van der Waals surface area contributed by atoms with Crippen molar-refractivity contribution in [2.24, 2.45) is 0 Å². The summed E-state index contributed by atoms with van der Waals surface area (Å²) in [6, 6.07) is 3.93. The fourth-order valence-corrected chi connectivity index (χ4v) is 2.17. The summed E-state index contributed by atoms with van der Waals surface area (Å²) in [5.74, 6) is -0.0550. The number of nitrogens with zero attached hydrogens (tertiary/aromatic N) is 1. The first-order valence-electron chi connectivity index (χ1n) is 6.15. The van der Waals surface area contributed by atoms with Crippen LogP contribution in [0.3, 0.4) is 0 Å². The Kier molecular flexibility index (Phi) is 4.03. The highest BCUT2D eigenvalue weighted by Crippen LogP contribution is 2.20. The zero-order valence-electron chi connectivity index (χ0n) is 9.60. The minimum absolute atomic E-state index is 0.0550. The van der Waals surface area contributed by atoms with E-state index in [1.54, 1.807) is 0 Å². The van der Waals surface area contributed by atoms with Gasteiger partial charge in [0.15, 0.2) is 0 Å². The van der Waals surface area contributed by atoms with Crippen molar-refractivity contribution >= 4 is 5.97 Å². The van der Waals surface area contributed by atoms with E-state index in [-0.39, 0.29) is 12.1 Å². The molecule has 0 aromatic carbocycles. The summed E-state index contributed by atoms with van der Waals surface area (Å²) in [5.41, 5.74) is 0. The maximum absolute atomic E-state index is 11.6. The minimum Gasteiger partial charge on any atom is -0.462 e. The maximum Gasteiger partial charge on any atom is 0.307 e. The van der Waals surface area contributed by atoms with E-state index in [1.165, 1.54) is 19.3 Å². The molecule has 3 heteroatoms. The quantitative estimate of drug-likeness (QED) is 0.732. The van der Waals surface area contributed by atoms with Gasteiger partial charge in [-0.2, -0.15) is 0 Å². The fourth-order valence-electron chi connectivity index (χ4n) is 2.17. The molecule has 2 rings (SSSR count). The molecule has 1 aliphatic rings. The van der Waals surface area contributed by atoms with Gasteiger partial charge in [0, 0.05) is 18.9 Å². The van der Waals surface area contributed by atoms with Crippen LogP contribution in [0, 0.1) is 0 Å². The van der Waals surface area contributed by atoms with Gasteiger partial charge in [0.1, 0.15) is 6.10 Å². The number of hydrogen-bond acceptors (Lipinski definition) is 2. The number of hydrogen-bond donors (Lipinski definition) is 0. The predicted octanol–water partition coefficient (Wildman–Crippen LogP) is 2.75. The second-order valence-electron chi connectivity index (χ2n) is 4.42. The smallest absolute Gasteiger partial charge is 0.307 e. The Hall–Kier alpha value is -1.25. The number of carbonyl (C=O) groups is 1. The third-order valence-electron chi connectivity index (χ3n) is 3.09. The molecule has 1 aliphatic carbocycles. The van der Waals surface area contributed by atoms with Gasteiger partial charge in [-0.25, -0.2) is 0 Å². The lowest BCUT2D eigenvalue weighted by molar-refractivity contribution is -0.150. The van der Waals surface area contributed by atoms with Gasteiger partial charge >= 0.3 is 5.97 Å². The molecule has 0 saturated heterocycles. The van der Waals surface area contributed by atoms with Crippen LogP contribution in [-0.2, 0) is 16.1 Å². The van der Waals surface area contributed by atoms with Crippen LogP contribution in [0.2, 0.25) is 0 Å². The van der Waals surface area contributed by atoms with Crippen LogP contribution in [-0.4, -0.2) is 16.6 Å². The third-order valence-corrected chi connectivity index (χ3v) is 3.09. The molecular weight excluding hydrogens is 202 g/mol. The number of esters is 1. The van der Waals surface area contributed by atoms with Crippen molar-refractivity contribution in [3.8, 4) is 0 Å². The molecule has 1 heterocycles. The first-order valence-corrected chi connectivity index (χ1v) is 6.15. The summed E-state index contributed by atoms with van der Waals surface area (Å²) in [4.78, 5) is 11.6. The molecule has 88 valence electrons. The van der Waals surface area contributed by atoms with E-state index < -0.39 is 0 Å². The highest BCUT2D eigenvalue weighted by Gasteiger charge is 2.17. The molecule has 1 saturated carbocycles. The summed E-state index contributed by atoms with van der Waals surface area (Å²) in [6.45, 7) is 0.721. The van der Waals surface area contributed by atoms with Crippen LogP contribution < -0.4 is 0 Å². The zero-order valence-corrected chi connectivity index (χ0v) is 9.60. The second-order valence-corrected chi connectivity index (χ2v) is 4.42. The monoisotopic (exact) mass is 221 g/mol. The molecule has 3 nitrogen and oxygen atoms in total. The lowest BCUT2D eigenvalue weighted by Crippen LogP contribution is -2.21. The van der Waals surface area contributed by atoms with Crippen LogP contribution in [0.25, 0.3) is 0 Å². The Morgan fingerprint density at radius 3 is 2.56 bits per heavy atom. The molecule has 1 fully saturated rings. The second kappa shape index (κ2) is 5.73. The number of aromatic nitrogens is 1. The average Bonchev–Trinajstić information content (AvgIpc) is 2.81. The number of aryl methyl sites for hydroxylation is 1. The number of carbonyl (C=O) groups excluding carboxylic acids is 1. The molecule has 0 atom stereocenters. The maximum atomic E-state index is 11.6. The van der Waals surface area contributed by atoms with Crippen LogP contribution in [0.1, 0.15) is 38.5 Å². The van der Waals surface area contributed by atoms with Crippen molar-refractivity contribution in [1.29, 1.82) is 0 Å². The van der Waals surface area contributed by atoms with Crippen molar-refractivity contribution in [3.63, 3.8) is 0 Å². The molecule has 1 aromatic heterocycles. The van der Waals surface area contributed by atoms with Gasteiger partial charge < -0.3 is 9.30 Å². The topological polar surface area (TPSA) is 31.2 Å². The SMILES string of the molecule is O=C(CCn1cccc1)OC1CCCCC1. The van der Waals surface area contributed by atoms with E-state index in [1.807, 2.05) is 29.1 Å². The highest BCUT2D eigenvalue weighted by atomic mass is 16.5. The standard InChI is InChI=1S/C13H19NO2/c15-13(8-11-14-9-4-5-10-14)16-12-6-2-1-3-7-12/h4-5,9-10,12H,1-3,6-8,11H2. The van der Waals surface area contributed by atoms with E-state index in [2.05, 4.69) is 0 Å². The molecular formula is C13H19NO2. The Morgan fingerprint density at radius 1 is 1.19 bits per heavy atom. The Bertz CT molecular complexity index is 313. The molecule has 0 radical (unpaired) electrons. The van der Waals surface area contributed by atoms with Crippen molar-refractivity contribution in [2.45, 2.75) is 51.2 Å². The lowest BCUT2D eigenvalue weighted by Gasteiger charge is -2.21. The lowest BCUT2D eigenvalue weighted by atomic mass is 9.98. The molecule has 0 unspecified atom stereocenters. The van der Waals surface area contributed by atoms with Gasteiger partial charge in [0.05, 0.1) is 6.42 Å². The average molecular weight is 221 g/mol. The van der Waals surface area contributed by atoms with Crippen LogP contribution in [0.15, 0.2) is 24.5 Å². The summed E-state index contributed by atoms with van der Waals surface area (Å²) in [6.07, 6.45) is 10.4. The van der Waals surface area contributed by atoms with Gasteiger partial charge in [-0.3, -0.25) is 4.79 Å². The Morgan fingerprint density at radius 2 is 1.88 bits per heavy atom. The molecule has 16 heavy (non-hydrogen) atoms. The first kappa shape index (κ1) is 11.2. The Balaban J connectivity index is 1.67. The van der Waals surface area contributed by atoms with Crippen molar-refractivity contribution in [1.82, 2.24) is 4.57 Å². The molecule has 0 spiro atoms. The molecule has 0 bridgehead atoms. The van der Waals surface area contributed by atoms with E-state index in [0.29, 0.717) is 6.42 Å². The first-order chi connectivity index (χ1) is 7.84. The minimum atomic E-state index is -0.0550.